The Morgan fingerprint density at radius 2 is 1.23 bits per heavy atom. The predicted octanol–water partition coefficient (Wildman–Crippen LogP) is 4.54. The molecule has 6 nitrogen and oxygen atoms in total. The Morgan fingerprint density at radius 1 is 0.686 bits per heavy atom. The summed E-state index contributed by atoms with van der Waals surface area (Å²) in [5, 5.41) is 2.97. The summed E-state index contributed by atoms with van der Waals surface area (Å²) in [6.07, 6.45) is 3.18. The van der Waals surface area contributed by atoms with E-state index in [-0.39, 0.29) is 18.3 Å². The molecule has 0 aromatic heterocycles. The van der Waals surface area contributed by atoms with Gasteiger partial charge in [-0.25, -0.2) is 0 Å². The van der Waals surface area contributed by atoms with Crippen molar-refractivity contribution in [1.82, 2.24) is 5.32 Å². The van der Waals surface area contributed by atoms with Gasteiger partial charge in [-0.15, -0.1) is 0 Å². The van der Waals surface area contributed by atoms with E-state index in [4.69, 9.17) is 9.47 Å². The Hall–Kier alpha value is -3.80. The highest BCUT2D eigenvalue weighted by Crippen LogP contribution is 2.15. The standard InChI is InChI=1S/C29H33NO5/c1-33-29(32)22-25-11-15-27(16-12-25)35-20-6-5-19-34-26-13-9-24(10-14-26)21-28(31)30-18-17-23-7-3-2-4-8-23/h2-4,7-16H,5-6,17-22H2,1H3,(H,30,31). The zero-order valence-corrected chi connectivity index (χ0v) is 20.2. The highest BCUT2D eigenvalue weighted by atomic mass is 16.5. The van der Waals surface area contributed by atoms with E-state index in [1.54, 1.807) is 0 Å². The molecule has 3 aromatic carbocycles. The molecule has 0 spiro atoms. The maximum Gasteiger partial charge on any atom is 0.309 e. The largest absolute Gasteiger partial charge is 0.494 e. The molecule has 6 heteroatoms. The fourth-order valence-corrected chi connectivity index (χ4v) is 3.47. The SMILES string of the molecule is COC(=O)Cc1ccc(OCCCCOc2ccc(CC(=O)NCCc3ccccc3)cc2)cc1. The first-order valence-electron chi connectivity index (χ1n) is 11.9. The summed E-state index contributed by atoms with van der Waals surface area (Å²) in [4.78, 5) is 23.5. The fourth-order valence-electron chi connectivity index (χ4n) is 3.47. The summed E-state index contributed by atoms with van der Waals surface area (Å²) in [6.45, 7) is 1.83. The molecule has 0 aliphatic carbocycles. The highest BCUT2D eigenvalue weighted by Gasteiger charge is 2.05. The average Bonchev–Trinajstić information content (AvgIpc) is 2.88. The molecule has 0 aliphatic heterocycles. The molecule has 0 saturated carbocycles. The van der Waals surface area contributed by atoms with Crippen molar-refractivity contribution in [1.29, 1.82) is 0 Å². The first-order chi connectivity index (χ1) is 17.1. The number of carbonyl (C=O) groups is 2. The minimum Gasteiger partial charge on any atom is -0.494 e. The number of methoxy groups -OCH3 is 1. The van der Waals surface area contributed by atoms with Crippen LogP contribution in [0.4, 0.5) is 0 Å². The molecule has 184 valence electrons. The van der Waals surface area contributed by atoms with E-state index in [1.165, 1.54) is 12.7 Å². The van der Waals surface area contributed by atoms with E-state index in [0.717, 1.165) is 41.9 Å². The van der Waals surface area contributed by atoms with E-state index < -0.39 is 0 Å². The van der Waals surface area contributed by atoms with Crippen molar-refractivity contribution in [3.05, 3.63) is 95.6 Å². The number of amides is 1. The van der Waals surface area contributed by atoms with Gasteiger partial charge in [0.2, 0.25) is 5.91 Å². The van der Waals surface area contributed by atoms with Crippen LogP contribution in [0.1, 0.15) is 29.5 Å². The van der Waals surface area contributed by atoms with Gasteiger partial charge in [0.15, 0.2) is 0 Å². The molecule has 0 bridgehead atoms. The number of benzene rings is 3. The number of hydrogen-bond acceptors (Lipinski definition) is 5. The van der Waals surface area contributed by atoms with E-state index in [0.29, 0.717) is 26.2 Å². The lowest BCUT2D eigenvalue weighted by Crippen LogP contribution is -2.27. The zero-order valence-electron chi connectivity index (χ0n) is 20.2. The van der Waals surface area contributed by atoms with E-state index in [9.17, 15) is 9.59 Å². The summed E-state index contributed by atoms with van der Waals surface area (Å²) >= 11 is 0. The predicted molar refractivity (Wildman–Crippen MR) is 136 cm³/mol. The quantitative estimate of drug-likeness (QED) is 0.274. The number of carbonyl (C=O) groups excluding carboxylic acids is 2. The lowest BCUT2D eigenvalue weighted by atomic mass is 10.1. The lowest BCUT2D eigenvalue weighted by molar-refractivity contribution is -0.139. The van der Waals surface area contributed by atoms with Crippen molar-refractivity contribution < 1.29 is 23.8 Å². The molecule has 0 atom stereocenters. The second-order valence-corrected chi connectivity index (χ2v) is 8.21. The van der Waals surface area contributed by atoms with Gasteiger partial charge < -0.3 is 19.5 Å². The summed E-state index contributed by atoms with van der Waals surface area (Å²) in [5.74, 6) is 1.33. The summed E-state index contributed by atoms with van der Waals surface area (Å²) in [7, 11) is 1.38. The van der Waals surface area contributed by atoms with Crippen LogP contribution in [0.15, 0.2) is 78.9 Å². The Morgan fingerprint density at radius 3 is 1.77 bits per heavy atom. The molecular weight excluding hydrogens is 442 g/mol. The molecule has 0 radical (unpaired) electrons. The van der Waals surface area contributed by atoms with Crippen molar-refractivity contribution >= 4 is 11.9 Å². The van der Waals surface area contributed by atoms with Crippen molar-refractivity contribution in [2.45, 2.75) is 32.1 Å². The van der Waals surface area contributed by atoms with Gasteiger partial charge in [-0.05, 0) is 60.2 Å². The number of hydrogen-bond donors (Lipinski definition) is 1. The van der Waals surface area contributed by atoms with Crippen molar-refractivity contribution in [3.63, 3.8) is 0 Å². The Bertz CT molecular complexity index is 1030. The first-order valence-corrected chi connectivity index (χ1v) is 11.9. The lowest BCUT2D eigenvalue weighted by Gasteiger charge is -2.09. The molecule has 1 amide bonds. The number of nitrogens with one attached hydrogen (secondary N) is 1. The molecule has 35 heavy (non-hydrogen) atoms. The van der Waals surface area contributed by atoms with Crippen LogP contribution >= 0.6 is 0 Å². The Balaban J connectivity index is 1.25. The van der Waals surface area contributed by atoms with Gasteiger partial charge in [-0.1, -0.05) is 54.6 Å². The average molecular weight is 476 g/mol. The number of ether oxygens (including phenoxy) is 3. The third-order valence-corrected chi connectivity index (χ3v) is 5.44. The van der Waals surface area contributed by atoms with Crippen LogP contribution in [0, 0.1) is 0 Å². The smallest absolute Gasteiger partial charge is 0.309 e. The first kappa shape index (κ1) is 25.8. The molecule has 3 rings (SSSR count). The highest BCUT2D eigenvalue weighted by molar-refractivity contribution is 5.78. The summed E-state index contributed by atoms with van der Waals surface area (Å²) in [6, 6.07) is 25.2. The van der Waals surface area contributed by atoms with Gasteiger partial charge in [0.25, 0.3) is 0 Å². The van der Waals surface area contributed by atoms with Crippen LogP contribution < -0.4 is 14.8 Å². The van der Waals surface area contributed by atoms with Gasteiger partial charge in [-0.2, -0.15) is 0 Å². The van der Waals surface area contributed by atoms with Crippen molar-refractivity contribution in [3.8, 4) is 11.5 Å². The van der Waals surface area contributed by atoms with Gasteiger partial charge in [0, 0.05) is 6.54 Å². The van der Waals surface area contributed by atoms with Crippen LogP contribution in [0.25, 0.3) is 0 Å². The van der Waals surface area contributed by atoms with Gasteiger partial charge in [0.1, 0.15) is 11.5 Å². The molecule has 0 heterocycles. The van der Waals surface area contributed by atoms with Gasteiger partial charge in [-0.3, -0.25) is 9.59 Å². The Labute approximate surface area is 207 Å². The number of esters is 1. The van der Waals surface area contributed by atoms with E-state index in [1.807, 2.05) is 66.7 Å². The maximum absolute atomic E-state index is 12.2. The van der Waals surface area contributed by atoms with Crippen LogP contribution in [0.3, 0.4) is 0 Å². The Kier molecular flexibility index (Phi) is 10.7. The normalized spacial score (nSPS) is 10.4. The number of unbranched alkanes of at least 4 members (excludes halogenated alkanes) is 1. The van der Waals surface area contributed by atoms with Crippen molar-refractivity contribution in [2.75, 3.05) is 26.9 Å². The minimum atomic E-state index is -0.256. The topological polar surface area (TPSA) is 73.9 Å². The monoisotopic (exact) mass is 475 g/mol. The van der Waals surface area contributed by atoms with Crippen LogP contribution in [-0.4, -0.2) is 38.7 Å². The maximum atomic E-state index is 12.2. The molecular formula is C29H33NO5. The van der Waals surface area contributed by atoms with Gasteiger partial charge in [0.05, 0.1) is 33.2 Å². The van der Waals surface area contributed by atoms with Crippen LogP contribution in [0.2, 0.25) is 0 Å². The molecule has 0 fully saturated rings. The van der Waals surface area contributed by atoms with Crippen molar-refractivity contribution in [2.24, 2.45) is 0 Å². The third-order valence-electron chi connectivity index (χ3n) is 5.44. The second-order valence-electron chi connectivity index (χ2n) is 8.21. The molecule has 3 aromatic rings. The van der Waals surface area contributed by atoms with E-state index >= 15 is 0 Å². The molecule has 1 N–H and O–H groups in total. The minimum absolute atomic E-state index is 0.0210. The third kappa shape index (κ3) is 9.92. The van der Waals surface area contributed by atoms with Crippen LogP contribution in [0.5, 0.6) is 11.5 Å². The number of rotatable bonds is 14. The molecule has 0 unspecified atom stereocenters. The molecule has 0 aliphatic rings. The molecule has 0 saturated heterocycles. The van der Waals surface area contributed by atoms with Gasteiger partial charge >= 0.3 is 5.97 Å². The van der Waals surface area contributed by atoms with E-state index in [2.05, 4.69) is 22.2 Å². The van der Waals surface area contributed by atoms with Crippen LogP contribution in [-0.2, 0) is 33.6 Å². The fraction of sp³-hybridized carbons (Fsp3) is 0.310. The summed E-state index contributed by atoms with van der Waals surface area (Å²) < 4.78 is 16.2. The summed E-state index contributed by atoms with van der Waals surface area (Å²) in [5.41, 5.74) is 3.07. The second kappa shape index (κ2) is 14.5. The zero-order chi connectivity index (χ0) is 24.7.